The highest BCUT2D eigenvalue weighted by molar-refractivity contribution is 7.09. The minimum Gasteiger partial charge on any atom is -0.331 e. The van der Waals surface area contributed by atoms with E-state index in [0.717, 1.165) is 54.2 Å². The highest BCUT2D eigenvalue weighted by atomic mass is 32.1. The molecule has 1 N–H and O–H groups in total. The molecule has 5 heteroatoms. The zero-order valence-electron chi connectivity index (χ0n) is 13.3. The molecule has 2 fully saturated rings. The van der Waals surface area contributed by atoms with Crippen molar-refractivity contribution >= 4 is 17.2 Å². The average Bonchev–Trinajstić information content (AvgIpc) is 3.09. The van der Waals surface area contributed by atoms with Gasteiger partial charge >= 0.3 is 0 Å². The van der Waals surface area contributed by atoms with Gasteiger partial charge in [0.1, 0.15) is 0 Å². The van der Waals surface area contributed by atoms with Crippen LogP contribution >= 0.6 is 11.3 Å². The monoisotopic (exact) mass is 327 g/mol. The lowest BCUT2D eigenvalue weighted by molar-refractivity contribution is 0.0680. The molecule has 2 bridgehead atoms. The predicted octanol–water partition coefficient (Wildman–Crippen LogP) is 3.09. The SMILES string of the molecule is Cc1nc(-c2cccc(C(=O)N3C4CCNCC3CC4)c2)cs1. The third-order valence-corrected chi connectivity index (χ3v) is 5.69. The number of fused-ring (bicyclic) bond motifs is 2. The average molecular weight is 327 g/mol. The minimum atomic E-state index is 0.176. The van der Waals surface area contributed by atoms with Crippen LogP contribution in [0.3, 0.4) is 0 Å². The second-order valence-corrected chi connectivity index (χ2v) is 7.49. The normalized spacial score (nSPS) is 23.8. The molecule has 3 heterocycles. The van der Waals surface area contributed by atoms with Gasteiger partial charge in [0.15, 0.2) is 0 Å². The van der Waals surface area contributed by atoms with Crippen LogP contribution < -0.4 is 5.32 Å². The summed E-state index contributed by atoms with van der Waals surface area (Å²) in [6, 6.07) is 8.67. The zero-order chi connectivity index (χ0) is 15.8. The Balaban J connectivity index is 1.64. The Hall–Kier alpha value is -1.72. The smallest absolute Gasteiger partial charge is 0.254 e. The van der Waals surface area contributed by atoms with Gasteiger partial charge in [0, 0.05) is 35.1 Å². The molecular formula is C18H21N3OS. The number of nitrogens with zero attached hydrogens (tertiary/aromatic N) is 2. The van der Waals surface area contributed by atoms with Crippen molar-refractivity contribution in [1.29, 1.82) is 0 Å². The number of carbonyl (C=O) groups excluding carboxylic acids is 1. The van der Waals surface area contributed by atoms with Crippen molar-refractivity contribution in [2.24, 2.45) is 0 Å². The molecule has 0 spiro atoms. The lowest BCUT2D eigenvalue weighted by Gasteiger charge is -2.28. The molecule has 2 unspecified atom stereocenters. The molecule has 1 aromatic heterocycles. The highest BCUT2D eigenvalue weighted by Gasteiger charge is 2.38. The van der Waals surface area contributed by atoms with Gasteiger partial charge < -0.3 is 10.2 Å². The van der Waals surface area contributed by atoms with Gasteiger partial charge in [0.05, 0.1) is 10.7 Å². The number of rotatable bonds is 2. The number of hydrogen-bond acceptors (Lipinski definition) is 4. The quantitative estimate of drug-likeness (QED) is 0.922. The number of hydrogen-bond donors (Lipinski definition) is 1. The van der Waals surface area contributed by atoms with Gasteiger partial charge in [-0.05, 0) is 44.9 Å². The van der Waals surface area contributed by atoms with E-state index in [1.807, 2.05) is 31.2 Å². The number of aromatic nitrogens is 1. The topological polar surface area (TPSA) is 45.2 Å². The summed E-state index contributed by atoms with van der Waals surface area (Å²) in [5, 5.41) is 6.56. The first-order valence-electron chi connectivity index (χ1n) is 8.28. The predicted molar refractivity (Wildman–Crippen MR) is 92.8 cm³/mol. The lowest BCUT2D eigenvalue weighted by Crippen LogP contribution is -2.42. The molecule has 1 amide bonds. The molecule has 2 atom stereocenters. The van der Waals surface area contributed by atoms with Gasteiger partial charge in [-0.15, -0.1) is 11.3 Å². The van der Waals surface area contributed by atoms with E-state index in [1.54, 1.807) is 11.3 Å². The maximum atomic E-state index is 13.1. The Bertz CT molecular complexity index is 713. The van der Waals surface area contributed by atoms with Gasteiger partial charge in [0.2, 0.25) is 0 Å². The fourth-order valence-electron chi connectivity index (χ4n) is 3.77. The van der Waals surface area contributed by atoms with E-state index in [4.69, 9.17) is 0 Å². The second-order valence-electron chi connectivity index (χ2n) is 6.42. The van der Waals surface area contributed by atoms with Gasteiger partial charge in [0.25, 0.3) is 5.91 Å². The van der Waals surface area contributed by atoms with Crippen LogP contribution in [0.1, 0.15) is 34.6 Å². The number of carbonyl (C=O) groups is 1. The van der Waals surface area contributed by atoms with E-state index in [1.165, 1.54) is 0 Å². The molecule has 0 radical (unpaired) electrons. The third-order valence-electron chi connectivity index (χ3n) is 4.91. The Labute approximate surface area is 140 Å². The Kier molecular flexibility index (Phi) is 3.91. The van der Waals surface area contributed by atoms with E-state index in [-0.39, 0.29) is 5.91 Å². The van der Waals surface area contributed by atoms with Gasteiger partial charge in [-0.3, -0.25) is 4.79 Å². The molecule has 4 rings (SSSR count). The van der Waals surface area contributed by atoms with Crippen LogP contribution in [-0.4, -0.2) is 41.0 Å². The van der Waals surface area contributed by atoms with Crippen LogP contribution in [0.25, 0.3) is 11.3 Å². The van der Waals surface area contributed by atoms with Gasteiger partial charge in [-0.1, -0.05) is 12.1 Å². The number of nitrogens with one attached hydrogen (secondary N) is 1. The number of aryl methyl sites for hydroxylation is 1. The molecule has 0 saturated carbocycles. The minimum absolute atomic E-state index is 0.176. The lowest BCUT2D eigenvalue weighted by atomic mass is 10.1. The summed E-state index contributed by atoms with van der Waals surface area (Å²) in [5.41, 5.74) is 2.77. The van der Waals surface area contributed by atoms with Crippen LogP contribution in [0.4, 0.5) is 0 Å². The van der Waals surface area contributed by atoms with Crippen LogP contribution in [0, 0.1) is 6.92 Å². The summed E-state index contributed by atoms with van der Waals surface area (Å²) < 4.78 is 0. The Morgan fingerprint density at radius 1 is 1.30 bits per heavy atom. The molecular weight excluding hydrogens is 306 g/mol. The number of amides is 1. The van der Waals surface area contributed by atoms with Gasteiger partial charge in [-0.25, -0.2) is 4.98 Å². The van der Waals surface area contributed by atoms with Crippen molar-refractivity contribution in [3.05, 3.63) is 40.2 Å². The first-order valence-corrected chi connectivity index (χ1v) is 9.16. The van der Waals surface area contributed by atoms with Crippen LogP contribution in [-0.2, 0) is 0 Å². The molecule has 2 saturated heterocycles. The number of thiazole rings is 1. The molecule has 1 aromatic carbocycles. The summed E-state index contributed by atoms with van der Waals surface area (Å²) in [4.78, 5) is 19.7. The van der Waals surface area contributed by atoms with Crippen LogP contribution in [0.15, 0.2) is 29.6 Å². The van der Waals surface area contributed by atoms with Crippen LogP contribution in [0.5, 0.6) is 0 Å². The molecule has 120 valence electrons. The summed E-state index contributed by atoms with van der Waals surface area (Å²) in [6.07, 6.45) is 3.32. The largest absolute Gasteiger partial charge is 0.331 e. The first kappa shape index (κ1) is 14.8. The summed E-state index contributed by atoms with van der Waals surface area (Å²) >= 11 is 1.64. The van der Waals surface area contributed by atoms with Crippen molar-refractivity contribution in [2.45, 2.75) is 38.3 Å². The molecule has 4 nitrogen and oxygen atoms in total. The molecule has 2 aliphatic rings. The van der Waals surface area contributed by atoms with E-state index >= 15 is 0 Å². The van der Waals surface area contributed by atoms with E-state index in [9.17, 15) is 4.79 Å². The van der Waals surface area contributed by atoms with E-state index < -0.39 is 0 Å². The van der Waals surface area contributed by atoms with Crippen molar-refractivity contribution < 1.29 is 4.79 Å². The summed E-state index contributed by atoms with van der Waals surface area (Å²) in [7, 11) is 0. The summed E-state index contributed by atoms with van der Waals surface area (Å²) in [6.45, 7) is 3.95. The van der Waals surface area contributed by atoms with Crippen molar-refractivity contribution in [3.63, 3.8) is 0 Å². The maximum absolute atomic E-state index is 13.1. The first-order chi connectivity index (χ1) is 11.2. The second kappa shape index (κ2) is 6.06. The zero-order valence-corrected chi connectivity index (χ0v) is 14.1. The van der Waals surface area contributed by atoms with Crippen molar-refractivity contribution in [3.8, 4) is 11.3 Å². The molecule has 2 aromatic rings. The summed E-state index contributed by atoms with van der Waals surface area (Å²) in [5.74, 6) is 0.176. The maximum Gasteiger partial charge on any atom is 0.254 e. The highest BCUT2D eigenvalue weighted by Crippen LogP contribution is 2.30. The Morgan fingerprint density at radius 2 is 2.17 bits per heavy atom. The molecule has 23 heavy (non-hydrogen) atoms. The standard InChI is InChI=1S/C18H21N3OS/c1-12-20-17(11-23-12)13-3-2-4-14(9-13)18(22)21-15-5-6-16(21)10-19-8-7-15/h2-4,9,11,15-16,19H,5-8,10H2,1H3. The molecule has 2 aliphatic heterocycles. The Morgan fingerprint density at radius 3 is 3.00 bits per heavy atom. The van der Waals surface area contributed by atoms with E-state index in [2.05, 4.69) is 20.6 Å². The van der Waals surface area contributed by atoms with Crippen LogP contribution in [0.2, 0.25) is 0 Å². The fourth-order valence-corrected chi connectivity index (χ4v) is 4.39. The van der Waals surface area contributed by atoms with Crippen molar-refractivity contribution in [2.75, 3.05) is 13.1 Å². The fraction of sp³-hybridized carbons (Fsp3) is 0.444. The molecule has 0 aliphatic carbocycles. The van der Waals surface area contributed by atoms with Crippen molar-refractivity contribution in [1.82, 2.24) is 15.2 Å². The van der Waals surface area contributed by atoms with E-state index in [0.29, 0.717) is 12.1 Å². The number of benzene rings is 1. The third kappa shape index (κ3) is 2.79. The van der Waals surface area contributed by atoms with Gasteiger partial charge in [-0.2, -0.15) is 0 Å².